The fraction of sp³-hybridized carbons (Fsp3) is 0.125. The summed E-state index contributed by atoms with van der Waals surface area (Å²) in [5.41, 5.74) is -0.616. The molecular weight excluding hydrogens is 885 g/mol. The predicted molar refractivity (Wildman–Crippen MR) is 202 cm³/mol. The third kappa shape index (κ3) is 8.23. The molecule has 0 bridgehead atoms. The van der Waals surface area contributed by atoms with Gasteiger partial charge in [-0.1, -0.05) is 17.2 Å². The average Bonchev–Trinajstić information content (AvgIpc) is 3.81. The van der Waals surface area contributed by atoms with Crippen molar-refractivity contribution in [3.05, 3.63) is 60.7 Å². The molecule has 5 aromatic carbocycles. The standard InChI is InChI=1S/C32H24N6O18S4/c1-3-51-31(39)53-25-14-24(38-34-22-8-6-18-20(30(22)36-38)10-16(59(45,46)47)12-28(18)60(48,49)50)26(54-32(40)52-4-2)13-23(25)37-33-21-7-5-17-19(29(21)35-37)9-15(58(42,43)44)11-27(17)57-56-55-41/h5-14,41H,3-4H2,1-2H3,(H,42,43,44)(H,45,46,47)(H,48,49,50). The van der Waals surface area contributed by atoms with Crippen LogP contribution in [0.4, 0.5) is 9.59 Å². The van der Waals surface area contributed by atoms with Crippen molar-refractivity contribution in [3.63, 3.8) is 0 Å². The van der Waals surface area contributed by atoms with Gasteiger partial charge >= 0.3 is 12.3 Å². The maximum absolute atomic E-state index is 12.8. The Balaban J connectivity index is 1.49. The molecule has 28 heteroatoms. The van der Waals surface area contributed by atoms with E-state index in [9.17, 15) is 48.5 Å². The number of fused-ring (bicyclic) bond motifs is 6. The third-order valence-electron chi connectivity index (χ3n) is 8.25. The fourth-order valence-electron chi connectivity index (χ4n) is 5.84. The molecule has 60 heavy (non-hydrogen) atoms. The summed E-state index contributed by atoms with van der Waals surface area (Å²) in [7, 11) is -14.9. The number of carbonyl (C=O) groups is 2. The highest BCUT2D eigenvalue weighted by atomic mass is 32.2. The molecule has 0 radical (unpaired) electrons. The number of benzene rings is 5. The zero-order chi connectivity index (χ0) is 43.3. The maximum atomic E-state index is 12.8. The van der Waals surface area contributed by atoms with Gasteiger partial charge in [-0.3, -0.25) is 13.7 Å². The molecule has 24 nitrogen and oxygen atoms in total. The number of hydrogen-bond donors (Lipinski definition) is 4. The van der Waals surface area contributed by atoms with Crippen molar-refractivity contribution in [1.82, 2.24) is 30.0 Å². The quantitative estimate of drug-likeness (QED) is 0.0322. The zero-order valence-electron chi connectivity index (χ0n) is 30.0. The lowest BCUT2D eigenvalue weighted by molar-refractivity contribution is -0.432. The molecule has 7 aromatic rings. The Morgan fingerprint density at radius 1 is 0.617 bits per heavy atom. The largest absolute Gasteiger partial charge is 0.513 e. The van der Waals surface area contributed by atoms with E-state index in [1.807, 2.05) is 0 Å². The minimum atomic E-state index is -5.08. The van der Waals surface area contributed by atoms with Crippen LogP contribution in [0.15, 0.2) is 80.2 Å². The zero-order valence-corrected chi connectivity index (χ0v) is 33.3. The molecule has 0 aliphatic rings. The van der Waals surface area contributed by atoms with Gasteiger partial charge in [0.15, 0.2) is 11.5 Å². The van der Waals surface area contributed by atoms with Crippen LogP contribution >= 0.6 is 12.0 Å². The molecule has 0 saturated heterocycles. The Hall–Kier alpha value is -6.08. The Kier molecular flexibility index (Phi) is 11.1. The van der Waals surface area contributed by atoms with E-state index in [1.165, 1.54) is 38.1 Å². The van der Waals surface area contributed by atoms with Gasteiger partial charge in [0.05, 0.1) is 35.0 Å². The van der Waals surface area contributed by atoms with E-state index in [1.54, 1.807) is 0 Å². The van der Waals surface area contributed by atoms with Gasteiger partial charge in [-0.05, 0) is 50.2 Å². The molecule has 0 aliphatic heterocycles. The van der Waals surface area contributed by atoms with Gasteiger partial charge in [-0.25, -0.2) is 14.8 Å². The van der Waals surface area contributed by atoms with E-state index < -0.39 is 68.9 Å². The molecule has 0 aliphatic carbocycles. The monoisotopic (exact) mass is 908 g/mol. The van der Waals surface area contributed by atoms with Crippen LogP contribution in [0.5, 0.6) is 11.5 Å². The molecule has 2 aromatic heterocycles. The highest BCUT2D eigenvalue weighted by molar-refractivity contribution is 7.94. The van der Waals surface area contributed by atoms with Crippen molar-refractivity contribution >= 4 is 98.3 Å². The Bertz CT molecular complexity index is 3260. The van der Waals surface area contributed by atoms with Gasteiger partial charge in [-0.2, -0.15) is 25.3 Å². The second kappa shape index (κ2) is 15.8. The maximum Gasteiger partial charge on any atom is 0.513 e. The summed E-state index contributed by atoms with van der Waals surface area (Å²) in [5.74, 6) is -0.817. The van der Waals surface area contributed by atoms with E-state index >= 15 is 0 Å². The lowest BCUT2D eigenvalue weighted by Crippen LogP contribution is -2.16. The van der Waals surface area contributed by atoms with Crippen LogP contribution in [0, 0.1) is 0 Å². The van der Waals surface area contributed by atoms with E-state index in [2.05, 4.69) is 29.8 Å². The van der Waals surface area contributed by atoms with Crippen LogP contribution in [0.2, 0.25) is 0 Å². The summed E-state index contributed by atoms with van der Waals surface area (Å²) >= 11 is 0.398. The topological polar surface area (TPSA) is 334 Å². The van der Waals surface area contributed by atoms with Gasteiger partial charge in [0.25, 0.3) is 30.4 Å². The van der Waals surface area contributed by atoms with Crippen LogP contribution in [-0.4, -0.2) is 99.7 Å². The summed E-state index contributed by atoms with van der Waals surface area (Å²) < 4.78 is 128. The number of carbonyl (C=O) groups excluding carboxylic acids is 2. The van der Waals surface area contributed by atoms with Gasteiger partial charge in [0, 0.05) is 38.6 Å². The minimum Gasteiger partial charge on any atom is -0.434 e. The highest BCUT2D eigenvalue weighted by Crippen LogP contribution is 2.39. The van der Waals surface area contributed by atoms with Crippen molar-refractivity contribution in [2.45, 2.75) is 33.4 Å². The minimum absolute atomic E-state index is 0.00388. The van der Waals surface area contributed by atoms with Crippen molar-refractivity contribution in [1.29, 1.82) is 0 Å². The Morgan fingerprint density at radius 2 is 1.08 bits per heavy atom. The fourth-order valence-corrected chi connectivity index (χ4v) is 8.34. The van der Waals surface area contributed by atoms with Crippen molar-refractivity contribution in [2.75, 3.05) is 13.2 Å². The third-order valence-corrected chi connectivity index (χ3v) is 11.4. The number of aromatic nitrogens is 6. The summed E-state index contributed by atoms with van der Waals surface area (Å²) in [6.45, 7) is 2.70. The SMILES string of the molecule is CCOC(=O)Oc1cc(-n2nc3ccc4c(S(=O)(=O)O)cc(S(=O)(=O)O)cc4c3n2)c(OC(=O)OCC)cc1-n1nc2ccc3c(SOOO)cc(S(=O)(=O)O)cc3c2n1. The number of rotatable bonds is 12. The van der Waals surface area contributed by atoms with E-state index in [0.717, 1.165) is 39.9 Å². The first-order valence-electron chi connectivity index (χ1n) is 16.4. The Labute approximate surface area is 339 Å². The summed E-state index contributed by atoms with van der Waals surface area (Å²) in [4.78, 5) is 25.0. The summed E-state index contributed by atoms with van der Waals surface area (Å²) in [5, 5.41) is 29.9. The predicted octanol–water partition coefficient (Wildman–Crippen LogP) is 4.70. The molecule has 0 unspecified atom stereocenters. The van der Waals surface area contributed by atoms with Crippen LogP contribution in [0.25, 0.3) is 55.0 Å². The molecule has 2 heterocycles. The van der Waals surface area contributed by atoms with E-state index in [0.29, 0.717) is 18.1 Å². The van der Waals surface area contributed by atoms with E-state index in [-0.39, 0.29) is 73.1 Å². The molecule has 0 saturated carbocycles. The molecule has 314 valence electrons. The normalized spacial score (nSPS) is 12.4. The molecule has 0 spiro atoms. The Morgan fingerprint density at radius 3 is 1.53 bits per heavy atom. The lowest BCUT2D eigenvalue weighted by atomic mass is 10.1. The van der Waals surface area contributed by atoms with Gasteiger partial charge < -0.3 is 18.9 Å². The van der Waals surface area contributed by atoms with Gasteiger partial charge in [0.1, 0.15) is 38.3 Å². The molecule has 7 rings (SSSR count). The van der Waals surface area contributed by atoms with Crippen LogP contribution in [0.1, 0.15) is 13.8 Å². The summed E-state index contributed by atoms with van der Waals surface area (Å²) in [6.07, 6.45) is -2.49. The van der Waals surface area contributed by atoms with Crippen molar-refractivity contribution in [3.8, 4) is 22.9 Å². The van der Waals surface area contributed by atoms with E-state index in [4.69, 9.17) is 24.2 Å². The number of nitrogens with zero attached hydrogens (tertiary/aromatic N) is 6. The van der Waals surface area contributed by atoms with Crippen LogP contribution in [-0.2, 0) is 49.2 Å². The van der Waals surface area contributed by atoms with Gasteiger partial charge in [0.2, 0.25) is 0 Å². The second-order valence-electron chi connectivity index (χ2n) is 11.9. The smallest absolute Gasteiger partial charge is 0.434 e. The molecular formula is C32H24N6O18S4. The average molecular weight is 909 g/mol. The molecule has 0 atom stereocenters. The first-order valence-corrected chi connectivity index (χ1v) is 21.5. The van der Waals surface area contributed by atoms with Gasteiger partial charge in [-0.15, -0.1) is 34.3 Å². The second-order valence-corrected chi connectivity index (χ2v) is 16.9. The number of ether oxygens (including phenoxy) is 4. The number of hydrogen-bond acceptors (Lipinski definition) is 20. The highest BCUT2D eigenvalue weighted by Gasteiger charge is 2.27. The lowest BCUT2D eigenvalue weighted by Gasteiger charge is -2.14. The molecule has 4 N–H and O–H groups in total. The van der Waals surface area contributed by atoms with Crippen molar-refractivity contribution < 1.29 is 82.1 Å². The summed E-state index contributed by atoms with van der Waals surface area (Å²) in [6, 6.07) is 11.1. The van der Waals surface area contributed by atoms with Crippen LogP contribution < -0.4 is 9.47 Å². The molecule has 0 amide bonds. The first-order chi connectivity index (χ1) is 28.3. The first kappa shape index (κ1) is 42.1. The van der Waals surface area contributed by atoms with Crippen LogP contribution in [0.3, 0.4) is 0 Å². The molecule has 0 fully saturated rings. The van der Waals surface area contributed by atoms with Crippen molar-refractivity contribution in [2.24, 2.45) is 0 Å².